The molecule has 2 unspecified atom stereocenters. The number of carbonyl (C=O) groups is 1. The number of hydrogen-bond donors (Lipinski definition) is 3. The van der Waals surface area contributed by atoms with E-state index in [0.717, 1.165) is 6.92 Å². The fraction of sp³-hybridized carbons (Fsp3) is 0.593. The van der Waals surface area contributed by atoms with Crippen LogP contribution in [0.1, 0.15) is 105 Å². The maximum Gasteiger partial charge on any atom is 0.419 e. The number of aromatic nitrogens is 1. The number of benzene rings is 1. The molecule has 0 aliphatic carbocycles. The molecule has 0 amide bonds. The van der Waals surface area contributed by atoms with Crippen LogP contribution in [0.3, 0.4) is 0 Å². The molecule has 2 aromatic rings. The molecule has 3 N–H and O–H groups in total. The topological polar surface area (TPSA) is 74.4 Å². The third-order valence-electron chi connectivity index (χ3n) is 5.18. The van der Waals surface area contributed by atoms with Crippen molar-refractivity contribution in [1.82, 2.24) is 10.3 Å². The van der Waals surface area contributed by atoms with Gasteiger partial charge >= 0.3 is 24.5 Å². The van der Waals surface area contributed by atoms with Gasteiger partial charge in [-0.15, -0.1) is 0 Å². The Bertz CT molecular complexity index is 1100. The van der Waals surface area contributed by atoms with Gasteiger partial charge in [0.25, 0.3) is 0 Å². The molecule has 1 aromatic heterocycles. The zero-order valence-electron chi connectivity index (χ0n) is 24.3. The van der Waals surface area contributed by atoms with Gasteiger partial charge in [-0.2, -0.15) is 39.5 Å². The van der Waals surface area contributed by atoms with E-state index in [1.807, 2.05) is 27.7 Å². The highest BCUT2D eigenvalue weighted by Gasteiger charge is 2.42. The third kappa shape index (κ3) is 10.9. The summed E-state index contributed by atoms with van der Waals surface area (Å²) >= 11 is 0. The first-order chi connectivity index (χ1) is 18.5. The van der Waals surface area contributed by atoms with Crippen LogP contribution >= 0.6 is 0 Å². The molecule has 0 aliphatic heterocycles. The van der Waals surface area contributed by atoms with Crippen molar-refractivity contribution < 1.29 is 54.2 Å². The normalized spacial score (nSPS) is 13.8. The highest BCUT2D eigenvalue weighted by atomic mass is 19.4. The van der Waals surface area contributed by atoms with Crippen molar-refractivity contribution in [2.24, 2.45) is 0 Å². The summed E-state index contributed by atoms with van der Waals surface area (Å²) in [5.74, 6) is -1.24. The number of aliphatic hydroxyl groups is 1. The first-order valence-corrected chi connectivity index (χ1v) is 12.7. The average Bonchev–Trinajstić information content (AvgIpc) is 3.19. The Hall–Kier alpha value is -2.74. The van der Waals surface area contributed by atoms with Crippen LogP contribution in [-0.2, 0) is 29.8 Å². The van der Waals surface area contributed by atoms with Crippen molar-refractivity contribution in [2.45, 2.75) is 105 Å². The van der Waals surface area contributed by atoms with Gasteiger partial charge in [0, 0.05) is 24.0 Å². The van der Waals surface area contributed by atoms with Gasteiger partial charge in [0.15, 0.2) is 0 Å². The molecular weight excluding hydrogens is 571 g/mol. The lowest BCUT2D eigenvalue weighted by Gasteiger charge is -2.23. The summed E-state index contributed by atoms with van der Waals surface area (Å²) in [6.45, 7) is 14.1. The van der Waals surface area contributed by atoms with E-state index in [1.165, 1.54) is 27.7 Å². The number of esters is 1. The van der Waals surface area contributed by atoms with Gasteiger partial charge in [-0.25, -0.2) is 4.79 Å². The van der Waals surface area contributed by atoms with E-state index in [0.29, 0.717) is 12.1 Å². The Labute approximate surface area is 233 Å². The van der Waals surface area contributed by atoms with Gasteiger partial charge in [-0.3, -0.25) is 0 Å². The molecule has 0 spiro atoms. The molecule has 1 heterocycles. The van der Waals surface area contributed by atoms with Crippen molar-refractivity contribution in [3.05, 3.63) is 57.4 Å². The van der Waals surface area contributed by atoms with E-state index in [4.69, 9.17) is 4.74 Å². The Morgan fingerprint density at radius 1 is 0.878 bits per heavy atom. The molecule has 0 aliphatic rings. The van der Waals surface area contributed by atoms with Crippen LogP contribution in [0.2, 0.25) is 0 Å². The molecular formula is C27H37F9N2O3. The molecule has 1 aromatic carbocycles. The van der Waals surface area contributed by atoms with Crippen molar-refractivity contribution >= 4 is 5.97 Å². The van der Waals surface area contributed by atoms with Crippen molar-refractivity contribution in [3.8, 4) is 0 Å². The predicted molar refractivity (Wildman–Crippen MR) is 136 cm³/mol. The fourth-order valence-electron chi connectivity index (χ4n) is 3.53. The summed E-state index contributed by atoms with van der Waals surface area (Å²) in [7, 11) is 0. The Kier molecular flexibility index (Phi) is 13.5. The molecule has 2 atom stereocenters. The lowest BCUT2D eigenvalue weighted by Crippen LogP contribution is -2.33. The lowest BCUT2D eigenvalue weighted by molar-refractivity contribution is -0.143. The zero-order valence-corrected chi connectivity index (χ0v) is 24.3. The largest absolute Gasteiger partial charge is 0.456 e. The van der Waals surface area contributed by atoms with Crippen LogP contribution in [0, 0.1) is 6.92 Å². The number of ether oxygens (including phenoxy) is 1. The minimum absolute atomic E-state index is 0.107. The maximum atomic E-state index is 13.9. The van der Waals surface area contributed by atoms with Crippen LogP contribution in [0.25, 0.3) is 0 Å². The van der Waals surface area contributed by atoms with Gasteiger partial charge < -0.3 is 20.1 Å². The van der Waals surface area contributed by atoms with E-state index in [1.54, 1.807) is 0 Å². The van der Waals surface area contributed by atoms with E-state index in [2.05, 4.69) is 10.3 Å². The number of halogens is 9. The quantitative estimate of drug-likeness (QED) is 0.227. The molecule has 14 heteroatoms. The number of nitrogens with one attached hydrogen (secondary N) is 2. The summed E-state index contributed by atoms with van der Waals surface area (Å²) in [6.07, 6.45) is -17.3. The first kappa shape index (κ1) is 38.3. The second kappa shape index (κ2) is 14.4. The highest BCUT2D eigenvalue weighted by Crippen LogP contribution is 2.39. The molecule has 2 rings (SSSR count). The second-order valence-corrected chi connectivity index (χ2v) is 9.43. The van der Waals surface area contributed by atoms with E-state index < -0.39 is 82.3 Å². The minimum atomic E-state index is -5.14. The van der Waals surface area contributed by atoms with Gasteiger partial charge in [-0.1, -0.05) is 27.7 Å². The van der Waals surface area contributed by atoms with Crippen molar-refractivity contribution in [2.75, 3.05) is 0 Å². The lowest BCUT2D eigenvalue weighted by atomic mass is 9.97. The molecule has 0 saturated heterocycles. The Morgan fingerprint density at radius 3 is 1.68 bits per heavy atom. The van der Waals surface area contributed by atoms with E-state index in [-0.39, 0.29) is 11.8 Å². The molecule has 5 nitrogen and oxygen atoms in total. The summed E-state index contributed by atoms with van der Waals surface area (Å²) in [5.41, 5.74) is -7.94. The van der Waals surface area contributed by atoms with Crippen LogP contribution in [0.4, 0.5) is 39.5 Å². The van der Waals surface area contributed by atoms with Gasteiger partial charge in [0.05, 0.1) is 28.4 Å². The average molecular weight is 609 g/mol. The minimum Gasteiger partial charge on any atom is -0.456 e. The zero-order chi connectivity index (χ0) is 32.7. The maximum absolute atomic E-state index is 13.9. The molecule has 0 bridgehead atoms. The number of aliphatic hydroxyl groups excluding tert-OH is 1. The standard InChI is InChI=1S/C23H25F9N2O3.2C2H6/c1-10-16(19(36)37-20(3,4)5)17(23(30,31)32)15(34-10)9-33-11(2)18(35)12-6-13(21(24,25)26)8-14(7-12)22(27,28)29;2*1-2/h6-8,11,18,33-35H,9H2,1-5H3;2*1-2H3. The van der Waals surface area contributed by atoms with Gasteiger partial charge in [-0.05, 0) is 58.4 Å². The molecule has 0 saturated carbocycles. The van der Waals surface area contributed by atoms with Crippen LogP contribution < -0.4 is 5.32 Å². The number of aromatic amines is 1. The third-order valence-corrected chi connectivity index (χ3v) is 5.18. The SMILES string of the molecule is CC.CC.Cc1[nH]c(CNC(C)C(O)c2cc(C(F)(F)F)cc(C(F)(F)F)c2)c(C(F)(F)F)c1C(=O)OC(C)(C)C. The Morgan fingerprint density at radius 2 is 1.32 bits per heavy atom. The number of alkyl halides is 9. The summed E-state index contributed by atoms with van der Waals surface area (Å²) in [4.78, 5) is 14.8. The fourth-order valence-corrected chi connectivity index (χ4v) is 3.53. The number of rotatable bonds is 6. The smallest absolute Gasteiger partial charge is 0.419 e. The monoisotopic (exact) mass is 608 g/mol. The second-order valence-electron chi connectivity index (χ2n) is 9.43. The van der Waals surface area contributed by atoms with Gasteiger partial charge in [0.2, 0.25) is 0 Å². The van der Waals surface area contributed by atoms with Crippen LogP contribution in [-0.4, -0.2) is 27.7 Å². The summed E-state index contributed by atoms with van der Waals surface area (Å²) in [6, 6.07) is -0.750. The highest BCUT2D eigenvalue weighted by molar-refractivity contribution is 5.93. The van der Waals surface area contributed by atoms with Crippen LogP contribution in [0.5, 0.6) is 0 Å². The first-order valence-electron chi connectivity index (χ1n) is 12.7. The van der Waals surface area contributed by atoms with E-state index >= 15 is 0 Å². The summed E-state index contributed by atoms with van der Waals surface area (Å²) < 4.78 is 125. The van der Waals surface area contributed by atoms with Crippen molar-refractivity contribution in [1.29, 1.82) is 0 Å². The molecule has 41 heavy (non-hydrogen) atoms. The van der Waals surface area contributed by atoms with Gasteiger partial charge in [0.1, 0.15) is 5.60 Å². The number of H-pyrrole nitrogens is 1. The molecule has 0 fully saturated rings. The Balaban J connectivity index is 0.00000382. The molecule has 236 valence electrons. The number of aryl methyl sites for hydroxylation is 1. The summed E-state index contributed by atoms with van der Waals surface area (Å²) in [5, 5.41) is 12.9. The van der Waals surface area contributed by atoms with E-state index in [9.17, 15) is 49.4 Å². The van der Waals surface area contributed by atoms with Crippen molar-refractivity contribution in [3.63, 3.8) is 0 Å². The number of hydrogen-bond acceptors (Lipinski definition) is 4. The molecule has 0 radical (unpaired) electrons. The number of carbonyl (C=O) groups excluding carboxylic acids is 1. The van der Waals surface area contributed by atoms with Crippen LogP contribution in [0.15, 0.2) is 18.2 Å². The predicted octanol–water partition coefficient (Wildman–Crippen LogP) is 8.60.